The van der Waals surface area contributed by atoms with Gasteiger partial charge in [0.2, 0.25) is 0 Å². The first-order valence-electron chi connectivity index (χ1n) is 9.13. The summed E-state index contributed by atoms with van der Waals surface area (Å²) in [6.45, 7) is 6.44. The fraction of sp³-hybridized carbons (Fsp3) is 0.250. The van der Waals surface area contributed by atoms with Crippen LogP contribution in [0, 0.1) is 13.8 Å². The van der Waals surface area contributed by atoms with Crippen LogP contribution in [0.4, 0.5) is 5.69 Å². The normalized spacial score (nSPS) is 11.9. The standard InChI is InChI=1S/C24H27NO2/c1-15-12-20(14-24(27-5)16(15)2)17(3)19-8-11-23(26-4)22(13-19)18-6-9-21(25)10-7-18/h6-14,17H,25H2,1-5H3. The smallest absolute Gasteiger partial charge is 0.126 e. The number of aryl methyl sites for hydroxylation is 1. The molecule has 27 heavy (non-hydrogen) atoms. The molecule has 3 nitrogen and oxygen atoms in total. The van der Waals surface area contributed by atoms with Gasteiger partial charge >= 0.3 is 0 Å². The van der Waals surface area contributed by atoms with Gasteiger partial charge in [-0.2, -0.15) is 0 Å². The molecule has 0 fully saturated rings. The van der Waals surface area contributed by atoms with Gasteiger partial charge in [0.25, 0.3) is 0 Å². The maximum absolute atomic E-state index is 5.84. The molecule has 1 unspecified atom stereocenters. The monoisotopic (exact) mass is 361 g/mol. The van der Waals surface area contributed by atoms with E-state index < -0.39 is 0 Å². The van der Waals surface area contributed by atoms with Gasteiger partial charge in [0.1, 0.15) is 11.5 Å². The lowest BCUT2D eigenvalue weighted by Crippen LogP contribution is -2.01. The molecule has 3 heteroatoms. The van der Waals surface area contributed by atoms with E-state index in [4.69, 9.17) is 15.2 Å². The summed E-state index contributed by atoms with van der Waals surface area (Å²) in [6.07, 6.45) is 0. The topological polar surface area (TPSA) is 44.5 Å². The molecule has 0 aliphatic rings. The van der Waals surface area contributed by atoms with Gasteiger partial charge in [-0.25, -0.2) is 0 Å². The number of anilines is 1. The molecule has 0 saturated carbocycles. The van der Waals surface area contributed by atoms with Crippen molar-refractivity contribution in [2.45, 2.75) is 26.7 Å². The van der Waals surface area contributed by atoms with Gasteiger partial charge in [0.15, 0.2) is 0 Å². The van der Waals surface area contributed by atoms with Crippen LogP contribution in [0.2, 0.25) is 0 Å². The van der Waals surface area contributed by atoms with Crippen molar-refractivity contribution < 1.29 is 9.47 Å². The minimum absolute atomic E-state index is 0.233. The number of nitrogen functional groups attached to an aromatic ring is 1. The number of hydrogen-bond donors (Lipinski definition) is 1. The fourth-order valence-corrected chi connectivity index (χ4v) is 3.39. The van der Waals surface area contributed by atoms with Crippen LogP contribution >= 0.6 is 0 Å². The summed E-state index contributed by atoms with van der Waals surface area (Å²) in [5.74, 6) is 2.02. The summed E-state index contributed by atoms with van der Waals surface area (Å²) in [5.41, 5.74) is 13.6. The summed E-state index contributed by atoms with van der Waals surface area (Å²) in [4.78, 5) is 0. The highest BCUT2D eigenvalue weighted by Crippen LogP contribution is 2.36. The van der Waals surface area contributed by atoms with E-state index in [1.54, 1.807) is 14.2 Å². The highest BCUT2D eigenvalue weighted by molar-refractivity contribution is 5.73. The molecule has 3 aromatic carbocycles. The summed E-state index contributed by atoms with van der Waals surface area (Å²) in [5, 5.41) is 0. The predicted molar refractivity (Wildman–Crippen MR) is 113 cm³/mol. The lowest BCUT2D eigenvalue weighted by molar-refractivity contribution is 0.410. The third kappa shape index (κ3) is 3.77. The Morgan fingerprint density at radius 3 is 2.07 bits per heavy atom. The molecule has 3 rings (SSSR count). The lowest BCUT2D eigenvalue weighted by atomic mass is 9.88. The van der Waals surface area contributed by atoms with Gasteiger partial charge in [-0.15, -0.1) is 0 Å². The maximum Gasteiger partial charge on any atom is 0.126 e. The Kier molecular flexibility index (Phi) is 5.41. The molecule has 0 spiro atoms. The largest absolute Gasteiger partial charge is 0.496 e. The number of methoxy groups -OCH3 is 2. The molecule has 0 bridgehead atoms. The van der Waals surface area contributed by atoms with E-state index in [1.165, 1.54) is 22.3 Å². The van der Waals surface area contributed by atoms with Crippen LogP contribution < -0.4 is 15.2 Å². The summed E-state index contributed by atoms with van der Waals surface area (Å²) in [6, 6.07) is 18.6. The van der Waals surface area contributed by atoms with E-state index in [1.807, 2.05) is 30.3 Å². The Labute approximate surface area is 161 Å². The average molecular weight is 361 g/mol. The van der Waals surface area contributed by atoms with E-state index in [0.29, 0.717) is 0 Å². The molecule has 1 atom stereocenters. The molecule has 0 aromatic heterocycles. The fourth-order valence-electron chi connectivity index (χ4n) is 3.39. The van der Waals surface area contributed by atoms with E-state index in [0.717, 1.165) is 28.3 Å². The summed E-state index contributed by atoms with van der Waals surface area (Å²) in [7, 11) is 3.43. The highest BCUT2D eigenvalue weighted by atomic mass is 16.5. The van der Waals surface area contributed by atoms with Crippen LogP contribution in [0.15, 0.2) is 54.6 Å². The third-order valence-corrected chi connectivity index (χ3v) is 5.31. The zero-order chi connectivity index (χ0) is 19.6. The quantitative estimate of drug-likeness (QED) is 0.591. The molecule has 2 N–H and O–H groups in total. The van der Waals surface area contributed by atoms with E-state index in [-0.39, 0.29) is 5.92 Å². The Hall–Kier alpha value is -2.94. The molecule has 140 valence electrons. The first kappa shape index (κ1) is 18.8. The maximum atomic E-state index is 5.84. The Bertz CT molecular complexity index is 945. The van der Waals surface area contributed by atoms with Crippen LogP contribution in [0.25, 0.3) is 11.1 Å². The first-order valence-corrected chi connectivity index (χ1v) is 9.13. The predicted octanol–water partition coefficient (Wildman–Crippen LogP) is 5.72. The second-order valence-corrected chi connectivity index (χ2v) is 6.97. The Morgan fingerprint density at radius 2 is 1.44 bits per heavy atom. The van der Waals surface area contributed by atoms with Crippen molar-refractivity contribution >= 4 is 5.69 Å². The average Bonchev–Trinajstić information content (AvgIpc) is 2.69. The molecule has 0 amide bonds. The number of hydrogen-bond acceptors (Lipinski definition) is 3. The first-order chi connectivity index (χ1) is 12.9. The van der Waals surface area contributed by atoms with Crippen molar-refractivity contribution in [2.24, 2.45) is 0 Å². The van der Waals surface area contributed by atoms with Gasteiger partial charge < -0.3 is 15.2 Å². The van der Waals surface area contributed by atoms with Crippen molar-refractivity contribution in [3.63, 3.8) is 0 Å². The molecule has 3 aromatic rings. The van der Waals surface area contributed by atoms with Crippen molar-refractivity contribution in [3.05, 3.63) is 76.9 Å². The van der Waals surface area contributed by atoms with Crippen LogP contribution in [0.3, 0.4) is 0 Å². The number of rotatable bonds is 5. The van der Waals surface area contributed by atoms with Gasteiger partial charge in [-0.3, -0.25) is 0 Å². The highest BCUT2D eigenvalue weighted by Gasteiger charge is 2.15. The molecule has 0 heterocycles. The second-order valence-electron chi connectivity index (χ2n) is 6.97. The number of ether oxygens (including phenoxy) is 2. The zero-order valence-electron chi connectivity index (χ0n) is 16.7. The van der Waals surface area contributed by atoms with Crippen molar-refractivity contribution in [3.8, 4) is 22.6 Å². The molecule has 0 radical (unpaired) electrons. The SMILES string of the molecule is COc1ccc(C(C)c2cc(C)c(C)c(OC)c2)cc1-c1ccc(N)cc1. The summed E-state index contributed by atoms with van der Waals surface area (Å²) < 4.78 is 11.2. The third-order valence-electron chi connectivity index (χ3n) is 5.31. The van der Waals surface area contributed by atoms with Crippen LogP contribution in [-0.2, 0) is 0 Å². The van der Waals surface area contributed by atoms with Gasteiger partial charge in [0.05, 0.1) is 14.2 Å². The lowest BCUT2D eigenvalue weighted by Gasteiger charge is -2.19. The van der Waals surface area contributed by atoms with Crippen molar-refractivity contribution in [1.29, 1.82) is 0 Å². The minimum Gasteiger partial charge on any atom is -0.496 e. The molecule has 0 aliphatic heterocycles. The van der Waals surface area contributed by atoms with E-state index in [9.17, 15) is 0 Å². The Morgan fingerprint density at radius 1 is 0.778 bits per heavy atom. The zero-order valence-corrected chi connectivity index (χ0v) is 16.7. The van der Waals surface area contributed by atoms with E-state index >= 15 is 0 Å². The van der Waals surface area contributed by atoms with Crippen LogP contribution in [-0.4, -0.2) is 14.2 Å². The van der Waals surface area contributed by atoms with Crippen LogP contribution in [0.1, 0.15) is 35.1 Å². The molecular formula is C24H27NO2. The summed E-state index contributed by atoms with van der Waals surface area (Å²) >= 11 is 0. The van der Waals surface area contributed by atoms with E-state index in [2.05, 4.69) is 45.0 Å². The number of benzene rings is 3. The molecular weight excluding hydrogens is 334 g/mol. The molecule has 0 saturated heterocycles. The van der Waals surface area contributed by atoms with Gasteiger partial charge in [-0.1, -0.05) is 31.2 Å². The van der Waals surface area contributed by atoms with Gasteiger partial charge in [-0.05, 0) is 72.0 Å². The van der Waals surface area contributed by atoms with Crippen molar-refractivity contribution in [2.75, 3.05) is 20.0 Å². The molecule has 0 aliphatic carbocycles. The van der Waals surface area contributed by atoms with Gasteiger partial charge in [0, 0.05) is 17.2 Å². The van der Waals surface area contributed by atoms with Crippen LogP contribution in [0.5, 0.6) is 11.5 Å². The Balaban J connectivity index is 2.06. The minimum atomic E-state index is 0.233. The van der Waals surface area contributed by atoms with Crippen molar-refractivity contribution in [1.82, 2.24) is 0 Å². The second kappa shape index (κ2) is 7.75. The number of nitrogens with two attached hydrogens (primary N) is 1.